The predicted molar refractivity (Wildman–Crippen MR) is 71.4 cm³/mol. The maximum Gasteiger partial charge on any atom is 0.260 e. The van der Waals surface area contributed by atoms with Crippen LogP contribution in [-0.2, 0) is 4.74 Å². The molecule has 102 valence electrons. The standard InChI is InChI=1S/C14H19N3O2/c1-9(2)11(15)13-16-14(19-17-13)12(18-3)10-7-5-4-6-8-10/h4-9,11-12H,15H2,1-3H3. The number of nitrogens with zero attached hydrogens (tertiary/aromatic N) is 2. The molecule has 1 heterocycles. The minimum Gasteiger partial charge on any atom is -0.367 e. The van der Waals surface area contributed by atoms with E-state index in [4.69, 9.17) is 15.0 Å². The normalized spacial score (nSPS) is 14.6. The molecule has 0 saturated heterocycles. The molecule has 1 aromatic carbocycles. The van der Waals surface area contributed by atoms with E-state index in [1.165, 1.54) is 0 Å². The van der Waals surface area contributed by atoms with Crippen molar-refractivity contribution in [2.45, 2.75) is 26.0 Å². The molecule has 19 heavy (non-hydrogen) atoms. The number of hydrogen-bond donors (Lipinski definition) is 1. The topological polar surface area (TPSA) is 74.2 Å². The van der Waals surface area contributed by atoms with Crippen LogP contribution in [0.1, 0.15) is 43.3 Å². The van der Waals surface area contributed by atoms with Crippen LogP contribution >= 0.6 is 0 Å². The smallest absolute Gasteiger partial charge is 0.260 e. The Balaban J connectivity index is 2.26. The SMILES string of the molecule is COC(c1ccccc1)c1nc(C(N)C(C)C)no1. The first-order chi connectivity index (χ1) is 9.13. The van der Waals surface area contributed by atoms with Crippen LogP contribution in [0.25, 0.3) is 0 Å². The molecule has 5 heteroatoms. The summed E-state index contributed by atoms with van der Waals surface area (Å²) in [5.74, 6) is 1.20. The van der Waals surface area contributed by atoms with E-state index in [-0.39, 0.29) is 18.1 Å². The molecule has 0 aliphatic heterocycles. The lowest BCUT2D eigenvalue weighted by Gasteiger charge is -2.11. The third-order valence-electron chi connectivity index (χ3n) is 3.04. The minimum absolute atomic E-state index is 0.231. The summed E-state index contributed by atoms with van der Waals surface area (Å²) < 4.78 is 10.7. The van der Waals surface area contributed by atoms with Crippen LogP contribution in [0.2, 0.25) is 0 Å². The van der Waals surface area contributed by atoms with Crippen molar-refractivity contribution in [1.82, 2.24) is 10.1 Å². The fourth-order valence-corrected chi connectivity index (χ4v) is 1.79. The number of ether oxygens (including phenoxy) is 1. The molecule has 0 spiro atoms. The number of hydrogen-bond acceptors (Lipinski definition) is 5. The Morgan fingerprint density at radius 1 is 1.21 bits per heavy atom. The van der Waals surface area contributed by atoms with Crippen molar-refractivity contribution in [2.75, 3.05) is 7.11 Å². The van der Waals surface area contributed by atoms with Crippen molar-refractivity contribution < 1.29 is 9.26 Å². The molecule has 2 N–H and O–H groups in total. The van der Waals surface area contributed by atoms with Crippen molar-refractivity contribution in [3.63, 3.8) is 0 Å². The third kappa shape index (κ3) is 3.00. The van der Waals surface area contributed by atoms with Gasteiger partial charge in [-0.05, 0) is 11.5 Å². The zero-order valence-electron chi connectivity index (χ0n) is 11.4. The zero-order valence-corrected chi connectivity index (χ0v) is 11.4. The van der Waals surface area contributed by atoms with Crippen molar-refractivity contribution in [2.24, 2.45) is 11.7 Å². The second-order valence-corrected chi connectivity index (χ2v) is 4.79. The summed E-state index contributed by atoms with van der Waals surface area (Å²) in [5, 5.41) is 3.94. The fraction of sp³-hybridized carbons (Fsp3) is 0.429. The molecule has 2 aromatic rings. The van der Waals surface area contributed by atoms with Crippen molar-refractivity contribution >= 4 is 0 Å². The van der Waals surface area contributed by atoms with Gasteiger partial charge in [0, 0.05) is 7.11 Å². The van der Waals surface area contributed by atoms with Crippen molar-refractivity contribution in [3.05, 3.63) is 47.6 Å². The summed E-state index contributed by atoms with van der Waals surface area (Å²) in [6.45, 7) is 4.04. The molecule has 0 amide bonds. The van der Waals surface area contributed by atoms with E-state index in [1.54, 1.807) is 7.11 Å². The van der Waals surface area contributed by atoms with Gasteiger partial charge in [0.05, 0.1) is 6.04 Å². The molecule has 0 fully saturated rings. The van der Waals surface area contributed by atoms with Crippen LogP contribution in [0.3, 0.4) is 0 Å². The van der Waals surface area contributed by atoms with E-state index in [9.17, 15) is 0 Å². The summed E-state index contributed by atoms with van der Waals surface area (Å²) in [7, 11) is 1.61. The number of aromatic nitrogens is 2. The van der Waals surface area contributed by atoms with Crippen LogP contribution in [0.5, 0.6) is 0 Å². The average molecular weight is 261 g/mol. The molecule has 2 unspecified atom stereocenters. The number of rotatable bonds is 5. The summed E-state index contributed by atoms with van der Waals surface area (Å²) in [4.78, 5) is 4.35. The molecule has 2 atom stereocenters. The van der Waals surface area contributed by atoms with Gasteiger partial charge in [-0.3, -0.25) is 0 Å². The Hall–Kier alpha value is -1.72. The monoisotopic (exact) mass is 261 g/mol. The highest BCUT2D eigenvalue weighted by Crippen LogP contribution is 2.25. The van der Waals surface area contributed by atoms with E-state index >= 15 is 0 Å². The molecule has 2 rings (SSSR count). The summed E-state index contributed by atoms with van der Waals surface area (Å²) in [6.07, 6.45) is -0.359. The first-order valence-electron chi connectivity index (χ1n) is 6.30. The molecule has 0 radical (unpaired) electrons. The van der Waals surface area contributed by atoms with Gasteiger partial charge in [-0.2, -0.15) is 4.98 Å². The zero-order chi connectivity index (χ0) is 13.8. The van der Waals surface area contributed by atoms with Gasteiger partial charge in [-0.1, -0.05) is 49.3 Å². The van der Waals surface area contributed by atoms with E-state index in [0.29, 0.717) is 11.7 Å². The highest BCUT2D eigenvalue weighted by Gasteiger charge is 2.23. The lowest BCUT2D eigenvalue weighted by atomic mass is 10.1. The molecule has 1 aromatic heterocycles. The maximum atomic E-state index is 6.01. The lowest BCUT2D eigenvalue weighted by Crippen LogP contribution is -2.18. The quantitative estimate of drug-likeness (QED) is 0.894. The van der Waals surface area contributed by atoms with Crippen LogP contribution in [0, 0.1) is 5.92 Å². The summed E-state index contributed by atoms with van der Waals surface area (Å²) >= 11 is 0. The molecular weight excluding hydrogens is 242 g/mol. The van der Waals surface area contributed by atoms with Crippen LogP contribution in [-0.4, -0.2) is 17.3 Å². The minimum atomic E-state index is -0.359. The van der Waals surface area contributed by atoms with Gasteiger partial charge in [-0.25, -0.2) is 0 Å². The highest BCUT2D eigenvalue weighted by atomic mass is 16.5. The third-order valence-corrected chi connectivity index (χ3v) is 3.04. The highest BCUT2D eigenvalue weighted by molar-refractivity contribution is 5.22. The molecule has 0 saturated carbocycles. The van der Waals surface area contributed by atoms with Gasteiger partial charge < -0.3 is 15.0 Å². The molecule has 5 nitrogen and oxygen atoms in total. The number of nitrogens with two attached hydrogens (primary N) is 1. The summed E-state index contributed by atoms with van der Waals surface area (Å²) in [6, 6.07) is 9.52. The second kappa shape index (κ2) is 5.95. The van der Waals surface area contributed by atoms with Gasteiger partial charge in [0.15, 0.2) is 11.9 Å². The van der Waals surface area contributed by atoms with Gasteiger partial charge >= 0.3 is 0 Å². The number of benzene rings is 1. The Labute approximate surface area is 112 Å². The number of methoxy groups -OCH3 is 1. The van der Waals surface area contributed by atoms with Gasteiger partial charge in [0.25, 0.3) is 5.89 Å². The van der Waals surface area contributed by atoms with Crippen LogP contribution < -0.4 is 5.73 Å². The van der Waals surface area contributed by atoms with E-state index < -0.39 is 0 Å². The Bertz CT molecular complexity index is 510. The first-order valence-corrected chi connectivity index (χ1v) is 6.30. The van der Waals surface area contributed by atoms with Gasteiger partial charge in [0.2, 0.25) is 0 Å². The van der Waals surface area contributed by atoms with Crippen molar-refractivity contribution in [3.8, 4) is 0 Å². The predicted octanol–water partition coefficient (Wildman–Crippen LogP) is 2.46. The van der Waals surface area contributed by atoms with Crippen LogP contribution in [0.4, 0.5) is 0 Å². The van der Waals surface area contributed by atoms with E-state index in [0.717, 1.165) is 5.56 Å². The Morgan fingerprint density at radius 3 is 2.47 bits per heavy atom. The molecular formula is C14H19N3O2. The first kappa shape index (κ1) is 13.7. The van der Waals surface area contributed by atoms with Crippen LogP contribution in [0.15, 0.2) is 34.9 Å². The maximum absolute atomic E-state index is 6.01. The average Bonchev–Trinajstić information content (AvgIpc) is 2.89. The summed E-state index contributed by atoms with van der Waals surface area (Å²) in [5.41, 5.74) is 6.98. The largest absolute Gasteiger partial charge is 0.367 e. The molecule has 0 bridgehead atoms. The Kier molecular flexibility index (Phi) is 4.29. The lowest BCUT2D eigenvalue weighted by molar-refractivity contribution is 0.105. The molecule has 0 aliphatic carbocycles. The van der Waals surface area contributed by atoms with Crippen molar-refractivity contribution in [1.29, 1.82) is 0 Å². The van der Waals surface area contributed by atoms with E-state index in [2.05, 4.69) is 10.1 Å². The Morgan fingerprint density at radius 2 is 1.89 bits per heavy atom. The molecule has 0 aliphatic rings. The van der Waals surface area contributed by atoms with E-state index in [1.807, 2.05) is 44.2 Å². The van der Waals surface area contributed by atoms with Gasteiger partial charge in [0.1, 0.15) is 0 Å². The van der Waals surface area contributed by atoms with Gasteiger partial charge in [-0.15, -0.1) is 0 Å². The fourth-order valence-electron chi connectivity index (χ4n) is 1.79. The second-order valence-electron chi connectivity index (χ2n) is 4.79.